The van der Waals surface area contributed by atoms with Crippen LogP contribution in [0, 0.1) is 6.92 Å². The van der Waals surface area contributed by atoms with Crippen LogP contribution >= 0.6 is 0 Å². The van der Waals surface area contributed by atoms with Crippen LogP contribution in [0.4, 0.5) is 0 Å². The molecule has 0 bridgehead atoms. The molecule has 3 aromatic rings. The van der Waals surface area contributed by atoms with E-state index in [9.17, 15) is 8.42 Å². The van der Waals surface area contributed by atoms with Crippen LogP contribution in [0.5, 0.6) is 0 Å². The Morgan fingerprint density at radius 3 is 2.42 bits per heavy atom. The van der Waals surface area contributed by atoms with Crippen LogP contribution in [0.2, 0.25) is 0 Å². The van der Waals surface area contributed by atoms with Crippen molar-refractivity contribution in [3.63, 3.8) is 0 Å². The number of likely N-dealkylation sites (N-methyl/N-ethyl adjacent to an activating group) is 1. The zero-order valence-corrected chi connectivity index (χ0v) is 15.6. The van der Waals surface area contributed by atoms with E-state index in [1.807, 2.05) is 49.4 Å². The zero-order chi connectivity index (χ0) is 18.6. The number of aromatic nitrogens is 2. The lowest BCUT2D eigenvalue weighted by Gasteiger charge is -2.16. The molecule has 0 aliphatic heterocycles. The van der Waals surface area contributed by atoms with E-state index in [2.05, 4.69) is 10.1 Å². The summed E-state index contributed by atoms with van der Waals surface area (Å²) in [6.07, 6.45) is 0.389. The molecule has 0 N–H and O–H groups in total. The van der Waals surface area contributed by atoms with Gasteiger partial charge in [0.2, 0.25) is 10.0 Å². The zero-order valence-electron chi connectivity index (χ0n) is 14.8. The van der Waals surface area contributed by atoms with Crippen LogP contribution in [0.3, 0.4) is 0 Å². The molecule has 136 valence electrons. The van der Waals surface area contributed by atoms with Gasteiger partial charge in [0.25, 0.3) is 5.89 Å². The summed E-state index contributed by atoms with van der Waals surface area (Å²) in [7, 11) is -1.82. The smallest absolute Gasteiger partial charge is 0.257 e. The second-order valence-electron chi connectivity index (χ2n) is 6.20. The quantitative estimate of drug-likeness (QED) is 0.638. The summed E-state index contributed by atoms with van der Waals surface area (Å²) in [5.41, 5.74) is 2.76. The molecule has 0 saturated carbocycles. The maximum absolute atomic E-state index is 12.4. The number of sulfonamides is 1. The van der Waals surface area contributed by atoms with Crippen LogP contribution in [0.25, 0.3) is 11.5 Å². The van der Waals surface area contributed by atoms with E-state index in [1.165, 1.54) is 4.31 Å². The van der Waals surface area contributed by atoms with Gasteiger partial charge in [0.05, 0.1) is 5.75 Å². The van der Waals surface area contributed by atoms with E-state index in [0.29, 0.717) is 24.7 Å². The van der Waals surface area contributed by atoms with Crippen LogP contribution < -0.4 is 0 Å². The summed E-state index contributed by atoms with van der Waals surface area (Å²) in [6.45, 7) is 2.30. The Bertz CT molecular complexity index is 951. The monoisotopic (exact) mass is 371 g/mol. The number of rotatable bonds is 7. The molecular weight excluding hydrogens is 350 g/mol. The van der Waals surface area contributed by atoms with Crippen molar-refractivity contribution in [2.45, 2.75) is 19.1 Å². The summed E-state index contributed by atoms with van der Waals surface area (Å²) in [5.74, 6) is 0.905. The molecule has 0 atom stereocenters. The average molecular weight is 371 g/mol. The lowest BCUT2D eigenvalue weighted by molar-refractivity contribution is 0.415. The summed E-state index contributed by atoms with van der Waals surface area (Å²) >= 11 is 0. The van der Waals surface area contributed by atoms with E-state index in [0.717, 1.165) is 16.7 Å². The van der Waals surface area contributed by atoms with Gasteiger partial charge in [-0.2, -0.15) is 4.98 Å². The van der Waals surface area contributed by atoms with Crippen molar-refractivity contribution < 1.29 is 12.9 Å². The molecule has 3 rings (SSSR count). The number of hydrogen-bond acceptors (Lipinski definition) is 5. The molecule has 1 heterocycles. The van der Waals surface area contributed by atoms with Gasteiger partial charge in [0.1, 0.15) is 0 Å². The summed E-state index contributed by atoms with van der Waals surface area (Å²) < 4.78 is 31.5. The van der Waals surface area contributed by atoms with Crippen molar-refractivity contribution in [3.05, 3.63) is 71.5 Å². The van der Waals surface area contributed by atoms with Crippen LogP contribution in [-0.4, -0.2) is 36.5 Å². The Labute approximate surface area is 153 Å². The molecule has 0 radical (unpaired) electrons. The van der Waals surface area contributed by atoms with Crippen molar-refractivity contribution in [1.82, 2.24) is 14.4 Å². The maximum Gasteiger partial charge on any atom is 0.257 e. The second kappa shape index (κ2) is 7.80. The standard InChI is InChI=1S/C19H21N3O3S/c1-15-8-10-17(11-9-15)19-20-18(21-25-19)12-13-22(2)26(23,24)14-16-6-4-3-5-7-16/h3-11H,12-14H2,1-2H3. The third-order valence-corrected chi connectivity index (χ3v) is 5.91. The van der Waals surface area contributed by atoms with Crippen LogP contribution in [0.1, 0.15) is 17.0 Å². The Balaban J connectivity index is 1.61. The number of benzene rings is 2. The predicted octanol–water partition coefficient (Wildman–Crippen LogP) is 3.05. The maximum atomic E-state index is 12.4. The van der Waals surface area contributed by atoms with Crippen molar-refractivity contribution in [1.29, 1.82) is 0 Å². The van der Waals surface area contributed by atoms with Gasteiger partial charge in [-0.25, -0.2) is 12.7 Å². The lowest BCUT2D eigenvalue weighted by atomic mass is 10.1. The molecular formula is C19H21N3O3S. The third kappa shape index (κ3) is 4.56. The minimum Gasteiger partial charge on any atom is -0.334 e. The molecule has 0 saturated heterocycles. The molecule has 0 amide bonds. The summed E-state index contributed by atoms with van der Waals surface area (Å²) in [6, 6.07) is 16.9. The topological polar surface area (TPSA) is 76.3 Å². The highest BCUT2D eigenvalue weighted by molar-refractivity contribution is 7.88. The highest BCUT2D eigenvalue weighted by Crippen LogP contribution is 2.18. The van der Waals surface area contributed by atoms with Gasteiger partial charge in [-0.15, -0.1) is 0 Å². The first kappa shape index (κ1) is 18.3. The molecule has 0 unspecified atom stereocenters. The minimum atomic E-state index is -3.39. The fraction of sp³-hybridized carbons (Fsp3) is 0.263. The van der Waals surface area contributed by atoms with Gasteiger partial charge in [-0.3, -0.25) is 0 Å². The fourth-order valence-electron chi connectivity index (χ4n) is 2.46. The normalized spacial score (nSPS) is 11.8. The molecule has 1 aromatic heterocycles. The Hall–Kier alpha value is -2.51. The van der Waals surface area contributed by atoms with Crippen molar-refractivity contribution >= 4 is 10.0 Å². The Kier molecular flexibility index (Phi) is 5.49. The highest BCUT2D eigenvalue weighted by Gasteiger charge is 2.19. The van der Waals surface area contributed by atoms with Crippen molar-refractivity contribution in [3.8, 4) is 11.5 Å². The first-order valence-electron chi connectivity index (χ1n) is 8.31. The van der Waals surface area contributed by atoms with E-state index in [4.69, 9.17) is 4.52 Å². The highest BCUT2D eigenvalue weighted by atomic mass is 32.2. The van der Waals surface area contributed by atoms with Crippen molar-refractivity contribution in [2.75, 3.05) is 13.6 Å². The molecule has 2 aromatic carbocycles. The van der Waals surface area contributed by atoms with E-state index < -0.39 is 10.0 Å². The molecule has 7 heteroatoms. The lowest BCUT2D eigenvalue weighted by Crippen LogP contribution is -2.30. The van der Waals surface area contributed by atoms with Crippen molar-refractivity contribution in [2.24, 2.45) is 0 Å². The van der Waals surface area contributed by atoms with Crippen LogP contribution in [0.15, 0.2) is 59.1 Å². The Morgan fingerprint density at radius 1 is 1.04 bits per heavy atom. The molecule has 0 aliphatic rings. The fourth-order valence-corrected chi connectivity index (χ4v) is 3.66. The molecule has 0 fully saturated rings. The SMILES string of the molecule is Cc1ccc(-c2nc(CCN(C)S(=O)(=O)Cc3ccccc3)no2)cc1. The van der Waals surface area contributed by atoms with Gasteiger partial charge in [-0.05, 0) is 24.6 Å². The van der Waals surface area contributed by atoms with E-state index in [-0.39, 0.29) is 5.75 Å². The first-order valence-corrected chi connectivity index (χ1v) is 9.92. The second-order valence-corrected chi connectivity index (χ2v) is 8.27. The molecule has 26 heavy (non-hydrogen) atoms. The molecule has 0 spiro atoms. The number of aryl methyl sites for hydroxylation is 1. The van der Waals surface area contributed by atoms with Gasteiger partial charge in [0.15, 0.2) is 5.82 Å². The molecule has 0 aliphatic carbocycles. The van der Waals surface area contributed by atoms with E-state index in [1.54, 1.807) is 19.2 Å². The third-order valence-electron chi connectivity index (χ3n) is 4.08. The van der Waals surface area contributed by atoms with Gasteiger partial charge >= 0.3 is 0 Å². The van der Waals surface area contributed by atoms with Gasteiger partial charge in [0, 0.05) is 25.6 Å². The van der Waals surface area contributed by atoms with E-state index >= 15 is 0 Å². The summed E-state index contributed by atoms with van der Waals surface area (Å²) in [5, 5.41) is 3.95. The van der Waals surface area contributed by atoms with Gasteiger partial charge < -0.3 is 4.52 Å². The largest absolute Gasteiger partial charge is 0.334 e. The summed E-state index contributed by atoms with van der Waals surface area (Å²) in [4.78, 5) is 4.35. The van der Waals surface area contributed by atoms with Crippen LogP contribution in [-0.2, 0) is 22.2 Å². The first-order chi connectivity index (χ1) is 12.4. The Morgan fingerprint density at radius 2 is 1.73 bits per heavy atom. The van der Waals surface area contributed by atoms with Gasteiger partial charge in [-0.1, -0.05) is 53.2 Å². The average Bonchev–Trinajstić information content (AvgIpc) is 3.09. The minimum absolute atomic E-state index is 0.0226. The number of nitrogens with zero attached hydrogens (tertiary/aromatic N) is 3. The molecule has 6 nitrogen and oxygen atoms in total. The predicted molar refractivity (Wildman–Crippen MR) is 99.9 cm³/mol. The number of hydrogen-bond donors (Lipinski definition) is 0.